The SMILES string of the molecule is CCOC(=O)CC1(C(=O)OC)c2ncccc2C(=O)N1c1ccc(Cl)cc1. The van der Waals surface area contributed by atoms with Gasteiger partial charge in [0.15, 0.2) is 5.54 Å². The van der Waals surface area contributed by atoms with Crippen molar-refractivity contribution in [1.29, 1.82) is 0 Å². The second kappa shape index (κ2) is 7.36. The van der Waals surface area contributed by atoms with Crippen LogP contribution >= 0.6 is 11.6 Å². The molecule has 7 nitrogen and oxygen atoms in total. The molecule has 2 heterocycles. The predicted molar refractivity (Wildman–Crippen MR) is 97.4 cm³/mol. The maximum absolute atomic E-state index is 13.2. The molecule has 8 heteroatoms. The summed E-state index contributed by atoms with van der Waals surface area (Å²) in [4.78, 5) is 43.9. The molecule has 1 aromatic heterocycles. The monoisotopic (exact) mass is 388 g/mol. The zero-order chi connectivity index (χ0) is 19.6. The summed E-state index contributed by atoms with van der Waals surface area (Å²) in [7, 11) is 1.20. The van der Waals surface area contributed by atoms with E-state index in [0.29, 0.717) is 10.7 Å². The van der Waals surface area contributed by atoms with Crippen molar-refractivity contribution >= 4 is 35.1 Å². The number of nitrogens with zero attached hydrogens (tertiary/aromatic N) is 2. The van der Waals surface area contributed by atoms with E-state index in [1.807, 2.05) is 0 Å². The van der Waals surface area contributed by atoms with Gasteiger partial charge >= 0.3 is 11.9 Å². The lowest BCUT2D eigenvalue weighted by atomic mass is 9.89. The second-order valence-electron chi connectivity index (χ2n) is 5.85. The van der Waals surface area contributed by atoms with E-state index in [1.165, 1.54) is 18.2 Å². The number of ether oxygens (including phenoxy) is 2. The van der Waals surface area contributed by atoms with E-state index in [-0.39, 0.29) is 17.9 Å². The molecule has 0 saturated heterocycles. The van der Waals surface area contributed by atoms with Crippen molar-refractivity contribution in [3.63, 3.8) is 0 Å². The van der Waals surface area contributed by atoms with E-state index in [1.54, 1.807) is 43.3 Å². The van der Waals surface area contributed by atoms with Crippen molar-refractivity contribution < 1.29 is 23.9 Å². The number of rotatable bonds is 5. The van der Waals surface area contributed by atoms with Gasteiger partial charge in [-0.05, 0) is 43.3 Å². The number of hydrogen-bond donors (Lipinski definition) is 0. The van der Waals surface area contributed by atoms with Crippen LogP contribution in [0.4, 0.5) is 5.69 Å². The van der Waals surface area contributed by atoms with E-state index >= 15 is 0 Å². The van der Waals surface area contributed by atoms with Crippen LogP contribution in [0.3, 0.4) is 0 Å². The standard InChI is InChI=1S/C19H17ClN2O5/c1-3-27-15(23)11-19(18(25)26-2)16-14(5-4-10-21-16)17(24)22(19)13-8-6-12(20)7-9-13/h4-10H,3,11H2,1-2H3. The van der Waals surface area contributed by atoms with Crippen LogP contribution in [0.2, 0.25) is 5.02 Å². The molecular formula is C19H17ClN2O5. The highest BCUT2D eigenvalue weighted by Crippen LogP contribution is 2.44. The molecule has 1 aliphatic rings. The van der Waals surface area contributed by atoms with Gasteiger partial charge in [0.25, 0.3) is 5.91 Å². The van der Waals surface area contributed by atoms with Gasteiger partial charge in [0, 0.05) is 16.9 Å². The van der Waals surface area contributed by atoms with Crippen LogP contribution in [-0.2, 0) is 24.6 Å². The summed E-state index contributed by atoms with van der Waals surface area (Å²) in [5, 5.41) is 0.468. The van der Waals surface area contributed by atoms with Crippen LogP contribution in [0.1, 0.15) is 29.4 Å². The number of hydrogen-bond acceptors (Lipinski definition) is 6. The summed E-state index contributed by atoms with van der Waals surface area (Å²) in [6.45, 7) is 1.80. The molecular weight excluding hydrogens is 372 g/mol. The topological polar surface area (TPSA) is 85.8 Å². The van der Waals surface area contributed by atoms with E-state index in [2.05, 4.69) is 4.98 Å². The molecule has 1 amide bonds. The van der Waals surface area contributed by atoms with Gasteiger partial charge in [-0.15, -0.1) is 0 Å². The van der Waals surface area contributed by atoms with Gasteiger partial charge in [-0.2, -0.15) is 0 Å². The third kappa shape index (κ3) is 3.04. The van der Waals surface area contributed by atoms with Crippen LogP contribution in [0.25, 0.3) is 0 Å². The number of benzene rings is 1. The molecule has 0 bridgehead atoms. The number of aromatic nitrogens is 1. The minimum Gasteiger partial charge on any atom is -0.467 e. The van der Waals surface area contributed by atoms with E-state index in [9.17, 15) is 14.4 Å². The highest BCUT2D eigenvalue weighted by Gasteiger charge is 2.59. The molecule has 1 aliphatic heterocycles. The molecule has 0 aliphatic carbocycles. The van der Waals surface area contributed by atoms with Crippen LogP contribution in [0, 0.1) is 0 Å². The Morgan fingerprint density at radius 1 is 1.22 bits per heavy atom. The Bertz CT molecular complexity index is 899. The first-order chi connectivity index (χ1) is 13.0. The smallest absolute Gasteiger partial charge is 0.339 e. The Balaban J connectivity index is 2.25. The molecule has 0 fully saturated rings. The Morgan fingerprint density at radius 3 is 2.56 bits per heavy atom. The molecule has 27 heavy (non-hydrogen) atoms. The summed E-state index contributed by atoms with van der Waals surface area (Å²) < 4.78 is 10.0. The Hall–Kier alpha value is -2.93. The zero-order valence-electron chi connectivity index (χ0n) is 14.8. The summed E-state index contributed by atoms with van der Waals surface area (Å²) in [5.74, 6) is -1.89. The number of anilines is 1. The third-order valence-electron chi connectivity index (χ3n) is 4.33. The fraction of sp³-hybridized carbons (Fsp3) is 0.263. The van der Waals surface area contributed by atoms with Crippen LogP contribution in [0.5, 0.6) is 0 Å². The lowest BCUT2D eigenvalue weighted by Crippen LogP contribution is -2.52. The van der Waals surface area contributed by atoms with Crippen molar-refractivity contribution in [2.24, 2.45) is 0 Å². The quantitative estimate of drug-likeness (QED) is 0.732. The molecule has 3 rings (SSSR count). The number of amides is 1. The number of halogens is 1. The molecule has 1 unspecified atom stereocenters. The highest BCUT2D eigenvalue weighted by atomic mass is 35.5. The van der Waals surface area contributed by atoms with Crippen molar-refractivity contribution in [2.75, 3.05) is 18.6 Å². The largest absolute Gasteiger partial charge is 0.467 e. The summed E-state index contributed by atoms with van der Waals surface area (Å²) >= 11 is 5.95. The molecule has 1 atom stereocenters. The Morgan fingerprint density at radius 2 is 1.93 bits per heavy atom. The Kier molecular flexibility index (Phi) is 5.14. The lowest BCUT2D eigenvalue weighted by Gasteiger charge is -2.35. The summed E-state index contributed by atoms with van der Waals surface area (Å²) in [5.41, 5.74) is -0.994. The predicted octanol–water partition coefficient (Wildman–Crippen LogP) is 2.72. The first-order valence-corrected chi connectivity index (χ1v) is 8.63. The van der Waals surface area contributed by atoms with Gasteiger partial charge in [-0.25, -0.2) is 4.79 Å². The van der Waals surface area contributed by atoms with Gasteiger partial charge in [-0.1, -0.05) is 11.6 Å². The maximum atomic E-state index is 13.2. The van der Waals surface area contributed by atoms with Gasteiger partial charge in [0.05, 0.1) is 31.4 Å². The van der Waals surface area contributed by atoms with Gasteiger partial charge in [-0.3, -0.25) is 19.5 Å². The Labute approximate surface area is 160 Å². The number of fused-ring (bicyclic) bond motifs is 1. The minimum absolute atomic E-state index is 0.139. The van der Waals surface area contributed by atoms with Crippen molar-refractivity contribution in [2.45, 2.75) is 18.9 Å². The average Bonchev–Trinajstić information content (AvgIpc) is 2.92. The molecule has 140 valence electrons. The third-order valence-corrected chi connectivity index (χ3v) is 4.58. The van der Waals surface area contributed by atoms with Crippen LogP contribution in [0.15, 0.2) is 42.6 Å². The number of esters is 2. The van der Waals surface area contributed by atoms with Crippen LogP contribution in [-0.4, -0.2) is 36.5 Å². The fourth-order valence-electron chi connectivity index (χ4n) is 3.25. The van der Waals surface area contributed by atoms with Gasteiger partial charge in [0.2, 0.25) is 0 Å². The number of pyridine rings is 1. The van der Waals surface area contributed by atoms with E-state index in [4.69, 9.17) is 21.1 Å². The first kappa shape index (κ1) is 18.8. The summed E-state index contributed by atoms with van der Waals surface area (Å²) in [6.07, 6.45) is 1.03. The molecule has 0 spiro atoms. The molecule has 0 radical (unpaired) electrons. The van der Waals surface area contributed by atoms with Crippen LogP contribution < -0.4 is 4.90 Å². The number of carbonyl (C=O) groups excluding carboxylic acids is 3. The van der Waals surface area contributed by atoms with E-state index in [0.717, 1.165) is 0 Å². The fourth-order valence-corrected chi connectivity index (χ4v) is 3.37. The summed E-state index contributed by atoms with van der Waals surface area (Å²) in [6, 6.07) is 9.52. The van der Waals surface area contributed by atoms with Crippen molar-refractivity contribution in [1.82, 2.24) is 4.98 Å². The maximum Gasteiger partial charge on any atom is 0.339 e. The molecule has 0 N–H and O–H groups in total. The second-order valence-corrected chi connectivity index (χ2v) is 6.29. The molecule has 0 saturated carbocycles. The number of carbonyl (C=O) groups is 3. The van der Waals surface area contributed by atoms with Crippen molar-refractivity contribution in [3.8, 4) is 0 Å². The molecule has 1 aromatic carbocycles. The van der Waals surface area contributed by atoms with Crippen molar-refractivity contribution in [3.05, 3.63) is 58.9 Å². The normalized spacial score (nSPS) is 18.2. The van der Waals surface area contributed by atoms with Gasteiger partial charge < -0.3 is 9.47 Å². The highest BCUT2D eigenvalue weighted by molar-refractivity contribution is 6.30. The van der Waals surface area contributed by atoms with E-state index < -0.39 is 29.8 Å². The zero-order valence-corrected chi connectivity index (χ0v) is 15.5. The number of methoxy groups -OCH3 is 1. The first-order valence-electron chi connectivity index (χ1n) is 8.25. The lowest BCUT2D eigenvalue weighted by molar-refractivity contribution is -0.155. The minimum atomic E-state index is -1.76. The molecule has 2 aromatic rings. The van der Waals surface area contributed by atoms with Gasteiger partial charge in [0.1, 0.15) is 0 Å². The average molecular weight is 389 g/mol.